The van der Waals surface area contributed by atoms with Crippen molar-refractivity contribution in [3.63, 3.8) is 0 Å². The van der Waals surface area contributed by atoms with Crippen molar-refractivity contribution >= 4 is 40.2 Å². The van der Waals surface area contributed by atoms with Gasteiger partial charge >= 0.3 is 0 Å². The van der Waals surface area contributed by atoms with Crippen LogP contribution in [0.1, 0.15) is 41.0 Å². The Bertz CT molecular complexity index is 941. The molecule has 2 heterocycles. The zero-order chi connectivity index (χ0) is 20.1. The van der Waals surface area contributed by atoms with Gasteiger partial charge < -0.3 is 10.6 Å². The maximum absolute atomic E-state index is 13.1. The van der Waals surface area contributed by atoms with Crippen molar-refractivity contribution in [3.8, 4) is 0 Å². The van der Waals surface area contributed by atoms with Crippen molar-refractivity contribution < 1.29 is 9.59 Å². The van der Waals surface area contributed by atoms with Crippen LogP contribution >= 0.6 is 22.7 Å². The maximum atomic E-state index is 13.1. The summed E-state index contributed by atoms with van der Waals surface area (Å²) in [7, 11) is 0. The van der Waals surface area contributed by atoms with Gasteiger partial charge in [0.15, 0.2) is 0 Å². The number of hydrogen-bond donors (Lipinski definition) is 2. The molecule has 2 amide bonds. The first-order chi connectivity index (χ1) is 14.2. The van der Waals surface area contributed by atoms with Gasteiger partial charge in [-0.3, -0.25) is 9.59 Å². The average molecular weight is 425 g/mol. The van der Waals surface area contributed by atoms with E-state index in [0.29, 0.717) is 13.0 Å². The number of hydrogen-bond acceptors (Lipinski definition) is 4. The number of carbonyl (C=O) groups is 2. The first-order valence-corrected chi connectivity index (χ1v) is 11.7. The lowest BCUT2D eigenvalue weighted by atomic mass is 9.83. The molecule has 1 saturated carbocycles. The van der Waals surface area contributed by atoms with E-state index in [2.05, 4.69) is 16.7 Å². The summed E-state index contributed by atoms with van der Waals surface area (Å²) < 4.78 is 0. The third-order valence-electron chi connectivity index (χ3n) is 5.50. The van der Waals surface area contributed by atoms with Crippen LogP contribution in [0.5, 0.6) is 0 Å². The lowest BCUT2D eigenvalue weighted by Gasteiger charge is -2.26. The van der Waals surface area contributed by atoms with Gasteiger partial charge in [-0.25, -0.2) is 0 Å². The van der Waals surface area contributed by atoms with Crippen molar-refractivity contribution in [2.24, 2.45) is 0 Å². The second-order valence-corrected chi connectivity index (χ2v) is 9.43. The van der Waals surface area contributed by atoms with Gasteiger partial charge in [-0.1, -0.05) is 37.1 Å². The van der Waals surface area contributed by atoms with Crippen molar-refractivity contribution in [1.29, 1.82) is 0 Å². The summed E-state index contributed by atoms with van der Waals surface area (Å²) in [6.07, 6.45) is 4.32. The smallest absolute Gasteiger partial charge is 0.235 e. The molecule has 4 rings (SSSR count). The average Bonchev–Trinajstić information content (AvgIpc) is 3.50. The maximum Gasteiger partial charge on any atom is 0.235 e. The van der Waals surface area contributed by atoms with Crippen LogP contribution in [0.15, 0.2) is 59.3 Å². The highest BCUT2D eigenvalue weighted by Gasteiger charge is 2.43. The molecule has 150 valence electrons. The number of carbonyl (C=O) groups excluding carboxylic acids is 2. The quantitative estimate of drug-likeness (QED) is 0.553. The van der Waals surface area contributed by atoms with E-state index in [4.69, 9.17) is 0 Å². The van der Waals surface area contributed by atoms with Crippen LogP contribution in [0.25, 0.3) is 0 Å². The second-order valence-electron chi connectivity index (χ2n) is 7.45. The molecule has 0 radical (unpaired) electrons. The van der Waals surface area contributed by atoms with E-state index in [9.17, 15) is 9.59 Å². The molecule has 2 aromatic heterocycles. The zero-order valence-electron chi connectivity index (χ0n) is 16.1. The van der Waals surface area contributed by atoms with E-state index in [0.717, 1.165) is 46.7 Å². The molecule has 0 aliphatic heterocycles. The molecule has 0 saturated heterocycles. The third kappa shape index (κ3) is 4.60. The second kappa shape index (κ2) is 8.93. The molecule has 1 aliphatic carbocycles. The Morgan fingerprint density at radius 1 is 0.931 bits per heavy atom. The first-order valence-electron chi connectivity index (χ1n) is 9.89. The molecule has 0 unspecified atom stereocenters. The fourth-order valence-electron chi connectivity index (χ4n) is 3.92. The van der Waals surface area contributed by atoms with E-state index in [1.807, 2.05) is 53.2 Å². The molecule has 0 atom stereocenters. The van der Waals surface area contributed by atoms with E-state index < -0.39 is 5.41 Å². The lowest BCUT2D eigenvalue weighted by Crippen LogP contribution is -2.37. The molecular weight excluding hydrogens is 400 g/mol. The van der Waals surface area contributed by atoms with Crippen LogP contribution in [0.2, 0.25) is 0 Å². The van der Waals surface area contributed by atoms with E-state index >= 15 is 0 Å². The number of amides is 2. The highest BCUT2D eigenvalue weighted by Crippen LogP contribution is 2.43. The van der Waals surface area contributed by atoms with Gasteiger partial charge in [0.25, 0.3) is 0 Å². The minimum absolute atomic E-state index is 0.00205. The Kier molecular flexibility index (Phi) is 6.11. The molecule has 6 heteroatoms. The summed E-state index contributed by atoms with van der Waals surface area (Å²) in [5, 5.41) is 10.1. The molecule has 1 aliphatic rings. The standard InChI is InChI=1S/C23H24N2O2S2/c26-21(24-16-19-5-3-13-28-19)15-17-7-9-18(10-8-17)25-22(27)23(11-1-2-12-23)20-6-4-14-29-20/h3-10,13-14H,1-2,11-12,15-16H2,(H,24,26)(H,25,27). The number of nitrogens with one attached hydrogen (secondary N) is 2. The summed E-state index contributed by atoms with van der Waals surface area (Å²) in [6, 6.07) is 15.7. The van der Waals surface area contributed by atoms with Crippen molar-refractivity contribution in [1.82, 2.24) is 5.32 Å². The minimum Gasteiger partial charge on any atom is -0.351 e. The van der Waals surface area contributed by atoms with Crippen molar-refractivity contribution in [2.45, 2.75) is 44.1 Å². The first kappa shape index (κ1) is 19.9. The van der Waals surface area contributed by atoms with Gasteiger partial charge in [-0.2, -0.15) is 0 Å². The molecule has 4 nitrogen and oxygen atoms in total. The van der Waals surface area contributed by atoms with Crippen LogP contribution in [-0.2, 0) is 28.0 Å². The Labute approximate surface area is 179 Å². The van der Waals surface area contributed by atoms with Gasteiger partial charge in [-0.15, -0.1) is 22.7 Å². The fourth-order valence-corrected chi connectivity index (χ4v) is 5.55. The molecule has 0 bridgehead atoms. The minimum atomic E-state index is -0.394. The van der Waals surface area contributed by atoms with Crippen LogP contribution in [0.3, 0.4) is 0 Å². The largest absolute Gasteiger partial charge is 0.351 e. The number of rotatable bonds is 7. The van der Waals surface area contributed by atoms with Crippen molar-refractivity contribution in [3.05, 3.63) is 74.6 Å². The zero-order valence-corrected chi connectivity index (χ0v) is 17.8. The molecular formula is C23H24N2O2S2. The normalized spacial score (nSPS) is 15.2. The van der Waals surface area contributed by atoms with Crippen LogP contribution in [-0.4, -0.2) is 11.8 Å². The Morgan fingerprint density at radius 2 is 1.66 bits per heavy atom. The highest BCUT2D eigenvalue weighted by atomic mass is 32.1. The van der Waals surface area contributed by atoms with Gasteiger partial charge in [0.2, 0.25) is 11.8 Å². The van der Waals surface area contributed by atoms with Crippen LogP contribution in [0, 0.1) is 0 Å². The molecule has 3 aromatic rings. The number of thiophene rings is 2. The Balaban J connectivity index is 1.35. The molecule has 1 aromatic carbocycles. The van der Waals surface area contributed by atoms with Gasteiger partial charge in [0.05, 0.1) is 18.4 Å². The monoisotopic (exact) mass is 424 g/mol. The van der Waals surface area contributed by atoms with Gasteiger partial charge in [-0.05, 0) is 53.4 Å². The number of anilines is 1. The van der Waals surface area contributed by atoms with Crippen LogP contribution < -0.4 is 10.6 Å². The third-order valence-corrected chi connectivity index (χ3v) is 7.45. The van der Waals surface area contributed by atoms with Gasteiger partial charge in [0, 0.05) is 15.4 Å². The van der Waals surface area contributed by atoms with E-state index in [1.54, 1.807) is 22.7 Å². The fraction of sp³-hybridized carbons (Fsp3) is 0.304. The summed E-state index contributed by atoms with van der Waals surface area (Å²) in [5.74, 6) is 0.0803. The molecule has 0 spiro atoms. The van der Waals surface area contributed by atoms with Crippen molar-refractivity contribution in [2.75, 3.05) is 5.32 Å². The summed E-state index contributed by atoms with van der Waals surface area (Å²) in [5.41, 5.74) is 1.32. The molecule has 1 fully saturated rings. The van der Waals surface area contributed by atoms with E-state index in [1.165, 1.54) is 0 Å². The van der Waals surface area contributed by atoms with Crippen LogP contribution in [0.4, 0.5) is 5.69 Å². The Morgan fingerprint density at radius 3 is 2.31 bits per heavy atom. The highest BCUT2D eigenvalue weighted by molar-refractivity contribution is 7.10. The summed E-state index contributed by atoms with van der Waals surface area (Å²) in [4.78, 5) is 27.6. The SMILES string of the molecule is O=C(Cc1ccc(NC(=O)C2(c3cccs3)CCCC2)cc1)NCc1cccs1. The summed E-state index contributed by atoms with van der Waals surface area (Å²) in [6.45, 7) is 0.565. The lowest BCUT2D eigenvalue weighted by molar-refractivity contribution is -0.121. The predicted molar refractivity (Wildman–Crippen MR) is 119 cm³/mol. The van der Waals surface area contributed by atoms with E-state index in [-0.39, 0.29) is 11.8 Å². The Hall–Kier alpha value is -2.44. The predicted octanol–water partition coefficient (Wildman–Crippen LogP) is 5.12. The molecule has 29 heavy (non-hydrogen) atoms. The topological polar surface area (TPSA) is 58.2 Å². The number of benzene rings is 1. The van der Waals surface area contributed by atoms with Gasteiger partial charge in [0.1, 0.15) is 0 Å². The summed E-state index contributed by atoms with van der Waals surface area (Å²) >= 11 is 3.30. The molecule has 2 N–H and O–H groups in total.